The number of alkyl halides is 3. The van der Waals surface area contributed by atoms with E-state index < -0.39 is 17.7 Å². The van der Waals surface area contributed by atoms with E-state index in [1.807, 2.05) is 19.1 Å². The topological polar surface area (TPSA) is 35.5 Å². The molecule has 26 heavy (non-hydrogen) atoms. The number of benzene rings is 2. The molecule has 2 rings (SSSR count). The lowest BCUT2D eigenvalue weighted by atomic mass is 9.97. The molecule has 0 aliphatic heterocycles. The van der Waals surface area contributed by atoms with Gasteiger partial charge in [0.2, 0.25) is 0 Å². The third-order valence-corrected chi connectivity index (χ3v) is 4.13. The van der Waals surface area contributed by atoms with Gasteiger partial charge in [0.15, 0.2) is 0 Å². The summed E-state index contributed by atoms with van der Waals surface area (Å²) in [6.07, 6.45) is -3.78. The van der Waals surface area contributed by atoms with Crippen LogP contribution in [0.4, 0.5) is 13.2 Å². The maximum atomic E-state index is 13.3. The fourth-order valence-electron chi connectivity index (χ4n) is 2.74. The van der Waals surface area contributed by atoms with Crippen LogP contribution in [0.2, 0.25) is 0 Å². The Balaban J connectivity index is 2.34. The number of hydrogen-bond donors (Lipinski definition) is 0. The summed E-state index contributed by atoms with van der Waals surface area (Å²) in [5.74, 6) is -0.635. The minimum Gasteiger partial charge on any atom is -0.488 e. The summed E-state index contributed by atoms with van der Waals surface area (Å²) in [5.41, 5.74) is 2.03. The molecule has 0 saturated carbocycles. The number of methoxy groups -OCH3 is 1. The van der Waals surface area contributed by atoms with E-state index in [0.717, 1.165) is 11.6 Å². The smallest absolute Gasteiger partial charge is 0.419 e. The largest absolute Gasteiger partial charge is 0.488 e. The molecule has 2 aromatic rings. The Bertz CT molecular complexity index is 782. The van der Waals surface area contributed by atoms with Crippen LogP contribution in [0.3, 0.4) is 0 Å². The summed E-state index contributed by atoms with van der Waals surface area (Å²) < 4.78 is 50.0. The van der Waals surface area contributed by atoms with Crippen molar-refractivity contribution in [3.63, 3.8) is 0 Å². The lowest BCUT2D eigenvalue weighted by Crippen LogP contribution is -2.12. The minimum absolute atomic E-state index is 0.0447. The molecule has 0 atom stereocenters. The van der Waals surface area contributed by atoms with Gasteiger partial charge in [0.1, 0.15) is 12.4 Å². The van der Waals surface area contributed by atoms with Crippen LogP contribution in [0.15, 0.2) is 36.4 Å². The van der Waals surface area contributed by atoms with E-state index in [2.05, 4.69) is 0 Å². The van der Waals surface area contributed by atoms with Crippen molar-refractivity contribution in [3.05, 3.63) is 64.2 Å². The van der Waals surface area contributed by atoms with Gasteiger partial charge in [-0.2, -0.15) is 13.2 Å². The third-order valence-electron chi connectivity index (χ3n) is 4.13. The number of ether oxygens (including phenoxy) is 2. The van der Waals surface area contributed by atoms with Gasteiger partial charge in [0.25, 0.3) is 0 Å². The highest BCUT2D eigenvalue weighted by Gasteiger charge is 2.34. The first-order valence-corrected chi connectivity index (χ1v) is 8.23. The number of halogens is 3. The lowest BCUT2D eigenvalue weighted by Gasteiger charge is -2.18. The van der Waals surface area contributed by atoms with Crippen LogP contribution >= 0.6 is 0 Å². The molecule has 0 aliphatic rings. The molecule has 0 amide bonds. The Morgan fingerprint density at radius 2 is 1.81 bits per heavy atom. The monoisotopic (exact) mass is 366 g/mol. The van der Waals surface area contributed by atoms with Crippen molar-refractivity contribution in [2.45, 2.75) is 39.5 Å². The molecule has 2 aromatic carbocycles. The molecule has 0 heterocycles. The Hall–Kier alpha value is -2.50. The predicted octanol–water partition coefficient (Wildman–Crippen LogP) is 4.87. The number of carbonyl (C=O) groups is 1. The minimum atomic E-state index is -4.50. The van der Waals surface area contributed by atoms with Gasteiger partial charge in [-0.15, -0.1) is 0 Å². The van der Waals surface area contributed by atoms with Crippen molar-refractivity contribution < 1.29 is 27.4 Å². The first kappa shape index (κ1) is 19.8. The molecule has 0 aliphatic carbocycles. The zero-order chi connectivity index (χ0) is 19.3. The van der Waals surface area contributed by atoms with Gasteiger partial charge in [0.05, 0.1) is 19.1 Å². The fraction of sp³-hybridized carbons (Fsp3) is 0.350. The zero-order valence-electron chi connectivity index (χ0n) is 14.9. The summed E-state index contributed by atoms with van der Waals surface area (Å²) in [5, 5.41) is 0. The zero-order valence-corrected chi connectivity index (χ0v) is 14.9. The summed E-state index contributed by atoms with van der Waals surface area (Å²) in [7, 11) is 1.30. The van der Waals surface area contributed by atoms with E-state index in [4.69, 9.17) is 9.47 Å². The molecule has 0 N–H and O–H groups in total. The lowest BCUT2D eigenvalue weighted by molar-refractivity contribution is -0.140. The Kier molecular flexibility index (Phi) is 6.29. The molecule has 0 bridgehead atoms. The Morgan fingerprint density at radius 3 is 2.42 bits per heavy atom. The van der Waals surface area contributed by atoms with Crippen molar-refractivity contribution in [3.8, 4) is 5.75 Å². The van der Waals surface area contributed by atoms with Gasteiger partial charge in [-0.25, -0.2) is 0 Å². The number of hydrogen-bond acceptors (Lipinski definition) is 3. The van der Waals surface area contributed by atoms with E-state index in [0.29, 0.717) is 23.1 Å². The van der Waals surface area contributed by atoms with E-state index in [1.165, 1.54) is 13.2 Å². The van der Waals surface area contributed by atoms with Gasteiger partial charge >= 0.3 is 12.1 Å². The predicted molar refractivity (Wildman–Crippen MR) is 92.1 cm³/mol. The summed E-state index contributed by atoms with van der Waals surface area (Å²) in [4.78, 5) is 11.6. The van der Waals surface area contributed by atoms with Gasteiger partial charge < -0.3 is 9.47 Å². The van der Waals surface area contributed by atoms with E-state index >= 15 is 0 Å². The quantitative estimate of drug-likeness (QED) is 0.684. The van der Waals surface area contributed by atoms with E-state index in [-0.39, 0.29) is 18.8 Å². The van der Waals surface area contributed by atoms with Crippen LogP contribution in [0, 0.1) is 6.92 Å². The van der Waals surface area contributed by atoms with Gasteiger partial charge in [0, 0.05) is 0 Å². The second-order valence-corrected chi connectivity index (χ2v) is 5.95. The van der Waals surface area contributed by atoms with Crippen molar-refractivity contribution in [2.75, 3.05) is 7.11 Å². The second kappa shape index (κ2) is 8.25. The van der Waals surface area contributed by atoms with Crippen LogP contribution in [0.5, 0.6) is 5.75 Å². The molecule has 0 radical (unpaired) electrons. The summed E-state index contributed by atoms with van der Waals surface area (Å²) in [6.45, 7) is 3.48. The number of carbonyl (C=O) groups excluding carboxylic acids is 1. The third kappa shape index (κ3) is 4.77. The number of aryl methyl sites for hydroxylation is 2. The first-order valence-electron chi connectivity index (χ1n) is 8.23. The second-order valence-electron chi connectivity index (χ2n) is 5.95. The normalized spacial score (nSPS) is 11.3. The van der Waals surface area contributed by atoms with Gasteiger partial charge in [-0.1, -0.05) is 36.8 Å². The average molecular weight is 366 g/mol. The molecule has 0 aromatic heterocycles. The summed E-state index contributed by atoms with van der Waals surface area (Å²) in [6, 6.07) is 9.41. The van der Waals surface area contributed by atoms with Crippen molar-refractivity contribution in [2.24, 2.45) is 0 Å². The van der Waals surface area contributed by atoms with E-state index in [1.54, 1.807) is 19.1 Å². The van der Waals surface area contributed by atoms with Crippen LogP contribution in [-0.2, 0) is 35.2 Å². The molecule has 140 valence electrons. The molecular weight excluding hydrogens is 345 g/mol. The Morgan fingerprint density at radius 1 is 1.12 bits per heavy atom. The SMILES string of the molecule is CCc1cccc(CC(=O)OC)c1COc1ccc(C)cc1C(F)(F)F. The van der Waals surface area contributed by atoms with Crippen LogP contribution in [0.25, 0.3) is 0 Å². The fourth-order valence-corrected chi connectivity index (χ4v) is 2.74. The molecule has 0 fully saturated rings. The standard InChI is InChI=1S/C20H21F3O3/c1-4-14-6-5-7-15(11-19(24)25-3)16(14)12-26-18-9-8-13(2)10-17(18)20(21,22)23/h5-10H,4,11-12H2,1-3H3. The van der Waals surface area contributed by atoms with Gasteiger partial charge in [-0.3, -0.25) is 4.79 Å². The highest BCUT2D eigenvalue weighted by atomic mass is 19.4. The average Bonchev–Trinajstić information content (AvgIpc) is 2.60. The molecule has 0 spiro atoms. The molecular formula is C20H21F3O3. The molecule has 6 heteroatoms. The van der Waals surface area contributed by atoms with Crippen LogP contribution in [-0.4, -0.2) is 13.1 Å². The van der Waals surface area contributed by atoms with Crippen molar-refractivity contribution in [1.29, 1.82) is 0 Å². The van der Waals surface area contributed by atoms with Crippen molar-refractivity contribution >= 4 is 5.97 Å². The first-order chi connectivity index (χ1) is 12.3. The number of esters is 1. The highest BCUT2D eigenvalue weighted by Crippen LogP contribution is 2.37. The maximum Gasteiger partial charge on any atom is 0.419 e. The molecule has 0 unspecified atom stereocenters. The summed E-state index contributed by atoms with van der Waals surface area (Å²) >= 11 is 0. The van der Waals surface area contributed by atoms with Gasteiger partial charge in [-0.05, 0) is 42.2 Å². The molecule has 3 nitrogen and oxygen atoms in total. The molecule has 0 saturated heterocycles. The maximum absolute atomic E-state index is 13.3. The Labute approximate surface area is 150 Å². The number of rotatable bonds is 6. The van der Waals surface area contributed by atoms with Crippen LogP contribution < -0.4 is 4.74 Å². The highest BCUT2D eigenvalue weighted by molar-refractivity contribution is 5.73. The van der Waals surface area contributed by atoms with E-state index in [9.17, 15) is 18.0 Å². The van der Waals surface area contributed by atoms with Crippen molar-refractivity contribution in [1.82, 2.24) is 0 Å². The van der Waals surface area contributed by atoms with Crippen LogP contribution in [0.1, 0.15) is 34.7 Å².